The maximum absolute atomic E-state index is 13.4. The van der Waals surface area contributed by atoms with Crippen LogP contribution >= 0.6 is 11.8 Å². The second-order valence-electron chi connectivity index (χ2n) is 6.46. The van der Waals surface area contributed by atoms with Crippen molar-refractivity contribution >= 4 is 22.8 Å². The Kier molecular flexibility index (Phi) is 5.09. The molecule has 0 spiro atoms. The number of carboxylic acid groups (broad SMARTS) is 1. The summed E-state index contributed by atoms with van der Waals surface area (Å²) in [5, 5.41) is 13.3. The number of nitrogens with one attached hydrogen (secondary N) is 1. The van der Waals surface area contributed by atoms with Gasteiger partial charge >= 0.3 is 5.97 Å². The number of hydrogen-bond donors (Lipinski definition) is 2. The molecule has 2 aliphatic heterocycles. The smallest absolute Gasteiger partial charge is 0.354 e. The van der Waals surface area contributed by atoms with Gasteiger partial charge in [-0.15, -0.1) is 0 Å². The van der Waals surface area contributed by atoms with Crippen molar-refractivity contribution in [3.63, 3.8) is 0 Å². The van der Waals surface area contributed by atoms with Gasteiger partial charge in [0.25, 0.3) is 0 Å². The van der Waals surface area contributed by atoms with Crippen LogP contribution in [0.2, 0.25) is 0 Å². The predicted molar refractivity (Wildman–Crippen MR) is 103 cm³/mol. The van der Waals surface area contributed by atoms with Crippen molar-refractivity contribution in [3.05, 3.63) is 53.9 Å². The van der Waals surface area contributed by atoms with Gasteiger partial charge < -0.3 is 15.0 Å². The van der Waals surface area contributed by atoms with Crippen LogP contribution in [0.1, 0.15) is 24.6 Å². The molecule has 0 unspecified atom stereocenters. The Bertz CT molecular complexity index is 914. The van der Waals surface area contributed by atoms with E-state index in [1.54, 1.807) is 24.5 Å². The lowest BCUT2D eigenvalue weighted by molar-refractivity contribution is -0.132. The SMILES string of the molecule is O=C(O)C1=CCSC(c2c(-c3ccc(F)cc3)ncn2C2CCNCC2)=N1. The summed E-state index contributed by atoms with van der Waals surface area (Å²) >= 11 is 1.49. The number of aromatic nitrogens is 2. The summed E-state index contributed by atoms with van der Waals surface area (Å²) in [4.78, 5) is 20.4. The van der Waals surface area contributed by atoms with Crippen LogP contribution in [0.25, 0.3) is 11.3 Å². The summed E-state index contributed by atoms with van der Waals surface area (Å²) in [6.07, 6.45) is 5.34. The van der Waals surface area contributed by atoms with E-state index in [0.29, 0.717) is 16.5 Å². The predicted octanol–water partition coefficient (Wildman–Crippen LogP) is 3.08. The van der Waals surface area contributed by atoms with Crippen molar-refractivity contribution < 1.29 is 14.3 Å². The summed E-state index contributed by atoms with van der Waals surface area (Å²) in [5.74, 6) is -0.802. The third-order valence-electron chi connectivity index (χ3n) is 4.75. The van der Waals surface area contributed by atoms with E-state index in [4.69, 9.17) is 0 Å². The number of imidazole rings is 1. The monoisotopic (exact) mass is 386 g/mol. The minimum absolute atomic E-state index is 0.0480. The molecule has 140 valence electrons. The maximum Gasteiger partial charge on any atom is 0.354 e. The first-order valence-electron chi connectivity index (χ1n) is 8.82. The molecule has 8 heteroatoms. The molecule has 6 nitrogen and oxygen atoms in total. The van der Waals surface area contributed by atoms with E-state index in [-0.39, 0.29) is 17.6 Å². The number of aliphatic imine (C=N–C) groups is 1. The normalized spacial score (nSPS) is 18.1. The molecule has 1 fully saturated rings. The molecule has 0 atom stereocenters. The Hall–Kier alpha value is -2.45. The number of benzene rings is 1. The molecule has 1 saturated heterocycles. The van der Waals surface area contributed by atoms with Gasteiger partial charge in [0.15, 0.2) is 0 Å². The maximum atomic E-state index is 13.4. The van der Waals surface area contributed by atoms with Crippen LogP contribution in [-0.4, -0.2) is 44.5 Å². The lowest BCUT2D eigenvalue weighted by atomic mass is 10.1. The molecule has 4 rings (SSSR count). The Morgan fingerprint density at radius 1 is 1.26 bits per heavy atom. The number of thioether (sulfide) groups is 1. The van der Waals surface area contributed by atoms with E-state index in [9.17, 15) is 14.3 Å². The zero-order valence-electron chi connectivity index (χ0n) is 14.6. The average Bonchev–Trinajstić information content (AvgIpc) is 3.14. The van der Waals surface area contributed by atoms with Crippen molar-refractivity contribution in [2.24, 2.45) is 4.99 Å². The summed E-state index contributed by atoms with van der Waals surface area (Å²) in [7, 11) is 0. The van der Waals surface area contributed by atoms with Crippen LogP contribution in [-0.2, 0) is 4.79 Å². The van der Waals surface area contributed by atoms with Crippen LogP contribution in [0.15, 0.2) is 47.4 Å². The van der Waals surface area contributed by atoms with Gasteiger partial charge in [-0.2, -0.15) is 0 Å². The molecule has 0 bridgehead atoms. The van der Waals surface area contributed by atoms with Gasteiger partial charge in [-0.05, 0) is 56.3 Å². The van der Waals surface area contributed by atoms with Gasteiger partial charge in [-0.1, -0.05) is 11.8 Å². The van der Waals surface area contributed by atoms with Crippen molar-refractivity contribution in [3.8, 4) is 11.3 Å². The third kappa shape index (κ3) is 3.68. The Morgan fingerprint density at radius 2 is 2.00 bits per heavy atom. The lowest BCUT2D eigenvalue weighted by Gasteiger charge is -2.26. The highest BCUT2D eigenvalue weighted by molar-refractivity contribution is 8.14. The van der Waals surface area contributed by atoms with Crippen LogP contribution in [0.3, 0.4) is 0 Å². The van der Waals surface area contributed by atoms with Crippen LogP contribution in [0.5, 0.6) is 0 Å². The molecule has 0 radical (unpaired) electrons. The van der Waals surface area contributed by atoms with Crippen molar-refractivity contribution in [2.45, 2.75) is 18.9 Å². The summed E-state index contributed by atoms with van der Waals surface area (Å²) in [5.41, 5.74) is 2.34. The number of halogens is 1. The highest BCUT2D eigenvalue weighted by Gasteiger charge is 2.26. The lowest BCUT2D eigenvalue weighted by Crippen LogP contribution is -2.30. The minimum Gasteiger partial charge on any atom is -0.477 e. The van der Waals surface area contributed by atoms with E-state index in [1.807, 2.05) is 0 Å². The molecule has 2 aromatic rings. The van der Waals surface area contributed by atoms with Crippen molar-refractivity contribution in [2.75, 3.05) is 18.8 Å². The van der Waals surface area contributed by atoms with E-state index in [0.717, 1.165) is 37.2 Å². The first-order chi connectivity index (χ1) is 13.1. The molecule has 0 saturated carbocycles. The van der Waals surface area contributed by atoms with Gasteiger partial charge in [-0.25, -0.2) is 19.2 Å². The van der Waals surface area contributed by atoms with Crippen LogP contribution in [0, 0.1) is 5.82 Å². The standard InChI is InChI=1S/C19H19FN4O2S/c20-13-3-1-12(2-4-13)16-17(18-23-15(19(25)26)7-10-27-18)24(11-22-16)14-5-8-21-9-6-14/h1-4,7,11,14,21H,5-6,8-10H2,(H,25,26). The fraction of sp³-hybridized carbons (Fsp3) is 0.316. The quantitative estimate of drug-likeness (QED) is 0.844. The Balaban J connectivity index is 1.83. The zero-order chi connectivity index (χ0) is 18.8. The summed E-state index contributed by atoms with van der Waals surface area (Å²) in [6.45, 7) is 1.85. The third-order valence-corrected chi connectivity index (χ3v) is 5.65. The molecule has 1 aromatic carbocycles. The van der Waals surface area contributed by atoms with Crippen LogP contribution < -0.4 is 5.32 Å². The number of carboxylic acids is 1. The topological polar surface area (TPSA) is 79.5 Å². The van der Waals surface area contributed by atoms with Gasteiger partial charge in [0.05, 0.1) is 12.0 Å². The zero-order valence-corrected chi connectivity index (χ0v) is 15.4. The summed E-state index contributed by atoms with van der Waals surface area (Å²) < 4.78 is 15.5. The van der Waals surface area contributed by atoms with E-state index in [1.165, 1.54) is 23.9 Å². The number of hydrogen-bond acceptors (Lipinski definition) is 5. The number of aliphatic carboxylic acids is 1. The molecule has 2 aliphatic rings. The molecule has 27 heavy (non-hydrogen) atoms. The van der Waals surface area contributed by atoms with E-state index in [2.05, 4.69) is 19.9 Å². The van der Waals surface area contributed by atoms with Gasteiger partial charge in [0.2, 0.25) is 0 Å². The number of carbonyl (C=O) groups is 1. The highest BCUT2D eigenvalue weighted by atomic mass is 32.2. The van der Waals surface area contributed by atoms with Gasteiger partial charge in [0.1, 0.15) is 22.3 Å². The number of rotatable bonds is 4. The fourth-order valence-electron chi connectivity index (χ4n) is 3.40. The first kappa shape index (κ1) is 17.9. The second-order valence-corrected chi connectivity index (χ2v) is 7.47. The molecule has 2 N–H and O–H groups in total. The van der Waals surface area contributed by atoms with Crippen molar-refractivity contribution in [1.29, 1.82) is 0 Å². The van der Waals surface area contributed by atoms with Gasteiger partial charge in [-0.3, -0.25) is 0 Å². The Morgan fingerprint density at radius 3 is 2.70 bits per heavy atom. The van der Waals surface area contributed by atoms with E-state index >= 15 is 0 Å². The Labute approximate surface area is 160 Å². The second kappa shape index (κ2) is 7.66. The molecular formula is C19H19FN4O2S. The number of piperidine rings is 1. The van der Waals surface area contributed by atoms with Gasteiger partial charge in [0, 0.05) is 17.4 Å². The molecule has 0 amide bonds. The molecule has 1 aromatic heterocycles. The first-order valence-corrected chi connectivity index (χ1v) is 9.81. The van der Waals surface area contributed by atoms with E-state index < -0.39 is 5.97 Å². The van der Waals surface area contributed by atoms with Crippen molar-refractivity contribution in [1.82, 2.24) is 14.9 Å². The molecule has 3 heterocycles. The fourth-order valence-corrected chi connectivity index (χ4v) is 4.30. The molecule has 0 aliphatic carbocycles. The summed E-state index contributed by atoms with van der Waals surface area (Å²) in [6, 6.07) is 6.46. The highest BCUT2D eigenvalue weighted by Crippen LogP contribution is 2.33. The largest absolute Gasteiger partial charge is 0.477 e. The average molecular weight is 386 g/mol. The number of nitrogens with zero attached hydrogens (tertiary/aromatic N) is 3. The van der Waals surface area contributed by atoms with Crippen LogP contribution in [0.4, 0.5) is 4.39 Å². The molecular weight excluding hydrogens is 367 g/mol. The minimum atomic E-state index is -1.04.